The van der Waals surface area contributed by atoms with Crippen LogP contribution in [0.4, 0.5) is 0 Å². The largest absolute Gasteiger partial charge is 0.395 e. The van der Waals surface area contributed by atoms with Crippen LogP contribution >= 0.6 is 0 Å². The first kappa shape index (κ1) is 18.9. The monoisotopic (exact) mass is 313 g/mol. The Hall–Kier alpha value is -1.48. The fraction of sp³-hybridized carbons (Fsp3) is 0.421. The van der Waals surface area contributed by atoms with Gasteiger partial charge < -0.3 is 5.11 Å². The highest BCUT2D eigenvalue weighted by molar-refractivity contribution is 6.40. The second kappa shape index (κ2) is 6.80. The van der Waals surface area contributed by atoms with Crippen molar-refractivity contribution in [3.05, 3.63) is 53.7 Å². The van der Waals surface area contributed by atoms with Gasteiger partial charge >= 0.3 is 0 Å². The fourth-order valence-corrected chi connectivity index (χ4v) is 2.52. The second-order valence-corrected chi connectivity index (χ2v) is 7.05. The second-order valence-electron chi connectivity index (χ2n) is 7.05. The molecule has 1 heterocycles. The number of benzene rings is 1. The Labute approximate surface area is 149 Å². The highest BCUT2D eigenvalue weighted by atomic mass is 16.3. The van der Waals surface area contributed by atoms with E-state index in [0.717, 1.165) is 11.3 Å². The molecule has 1 aromatic heterocycles. The van der Waals surface area contributed by atoms with E-state index >= 15 is 0 Å². The van der Waals surface area contributed by atoms with E-state index in [0.29, 0.717) is 11.1 Å². The van der Waals surface area contributed by atoms with Crippen LogP contribution < -0.4 is 0 Å². The first-order valence-electron chi connectivity index (χ1n) is 8.23. The van der Waals surface area contributed by atoms with Crippen LogP contribution in [0.3, 0.4) is 0 Å². The zero-order chi connectivity index (χ0) is 18.1. The maximum atomic E-state index is 10.8. The van der Waals surface area contributed by atoms with Gasteiger partial charge in [-0.1, -0.05) is 69.2 Å². The van der Waals surface area contributed by atoms with Gasteiger partial charge in [-0.3, -0.25) is 4.98 Å². The molecule has 1 aromatic carbocycles. The van der Waals surface area contributed by atoms with Gasteiger partial charge in [0.1, 0.15) is 7.85 Å². The minimum atomic E-state index is -1.56. The molecule has 0 spiro atoms. The van der Waals surface area contributed by atoms with Crippen LogP contribution in [0.15, 0.2) is 42.6 Å². The lowest BCUT2D eigenvalue weighted by Gasteiger charge is -2.39. The molecule has 2 aromatic rings. The first-order valence-corrected chi connectivity index (χ1v) is 8.23. The maximum absolute atomic E-state index is 10.8. The number of aliphatic hydroxyl groups is 1. The van der Waals surface area contributed by atoms with Gasteiger partial charge in [0.25, 0.3) is 0 Å². The molecule has 1 unspecified atom stereocenters. The molecule has 0 aliphatic rings. The lowest BCUT2D eigenvalue weighted by molar-refractivity contribution is 0.0752. The van der Waals surface area contributed by atoms with Gasteiger partial charge in [0.05, 0.1) is 26.9 Å². The van der Waals surface area contributed by atoms with Crippen LogP contribution in [-0.4, -0.2) is 33.6 Å². The van der Waals surface area contributed by atoms with E-state index in [4.69, 9.17) is 23.5 Å². The van der Waals surface area contributed by atoms with E-state index in [-0.39, 0.29) is 11.8 Å². The Balaban J connectivity index is 2.70. The fourth-order valence-electron chi connectivity index (χ4n) is 2.52. The van der Waals surface area contributed by atoms with Crippen LogP contribution in [0.5, 0.6) is 0 Å². The van der Waals surface area contributed by atoms with Crippen molar-refractivity contribution in [3.8, 4) is 11.3 Å². The molecule has 2 rings (SSSR count). The van der Waals surface area contributed by atoms with Crippen molar-refractivity contribution in [1.29, 1.82) is 0 Å². The summed E-state index contributed by atoms with van der Waals surface area (Å²) < 4.78 is 0. The number of hydrogen-bond donors (Lipinski definition) is 1. The third-order valence-corrected chi connectivity index (χ3v) is 4.71. The minimum Gasteiger partial charge on any atom is -0.395 e. The van der Waals surface area contributed by atoms with Crippen molar-refractivity contribution in [1.82, 2.24) is 4.98 Å². The van der Waals surface area contributed by atoms with E-state index < -0.39 is 10.7 Å². The summed E-state index contributed by atoms with van der Waals surface area (Å²) in [6.07, 6.45) is 1.59. The van der Waals surface area contributed by atoms with E-state index in [9.17, 15) is 5.11 Å². The summed E-state index contributed by atoms with van der Waals surface area (Å²) in [6.45, 7) is 7.58. The molecule has 0 aliphatic carbocycles. The predicted molar refractivity (Wildman–Crippen MR) is 102 cm³/mol. The van der Waals surface area contributed by atoms with Crippen LogP contribution in [0, 0.1) is 11.8 Å². The zero-order valence-electron chi connectivity index (χ0n) is 14.8. The topological polar surface area (TPSA) is 33.1 Å². The summed E-state index contributed by atoms with van der Waals surface area (Å²) in [5.41, 5.74) is 1.22. The van der Waals surface area contributed by atoms with Crippen LogP contribution in [-0.2, 0) is 10.7 Å². The average Bonchev–Trinajstić information content (AvgIpc) is 2.54. The van der Waals surface area contributed by atoms with Crippen molar-refractivity contribution in [2.24, 2.45) is 11.8 Å². The molecule has 118 valence electrons. The summed E-state index contributed by atoms with van der Waals surface area (Å²) in [7, 11) is 19.0. The summed E-state index contributed by atoms with van der Waals surface area (Å²) in [5.74, 6) is -0.270. The zero-order valence-corrected chi connectivity index (χ0v) is 14.8. The van der Waals surface area contributed by atoms with Crippen LogP contribution in [0.1, 0.15) is 38.8 Å². The molecule has 6 radical (unpaired) electrons. The third kappa shape index (κ3) is 3.46. The standard InChI is InChI=1S/C19H22B3NO/c1-12(2)18(20,21)15-10-17(14-8-6-5-7-9-14)23-11-16(15)19(22,24)13(3)4/h5-13,24H,1-4H3. The molecule has 0 aliphatic heterocycles. The van der Waals surface area contributed by atoms with Crippen molar-refractivity contribution in [3.63, 3.8) is 0 Å². The molecule has 24 heavy (non-hydrogen) atoms. The molecule has 2 nitrogen and oxygen atoms in total. The molecule has 0 fully saturated rings. The van der Waals surface area contributed by atoms with Crippen molar-refractivity contribution < 1.29 is 5.11 Å². The van der Waals surface area contributed by atoms with E-state index in [1.165, 1.54) is 0 Å². The summed E-state index contributed by atoms with van der Waals surface area (Å²) in [6, 6.07) is 11.6. The minimum absolute atomic E-state index is 0.0507. The van der Waals surface area contributed by atoms with Crippen molar-refractivity contribution in [2.75, 3.05) is 0 Å². The number of aromatic nitrogens is 1. The first-order chi connectivity index (χ1) is 11.1. The van der Waals surface area contributed by atoms with Crippen molar-refractivity contribution >= 4 is 23.5 Å². The Bertz CT molecular complexity index is 697. The quantitative estimate of drug-likeness (QED) is 0.861. The normalized spacial score (nSPS) is 14.8. The number of hydrogen-bond acceptors (Lipinski definition) is 2. The number of nitrogens with zero attached hydrogens (tertiary/aromatic N) is 1. The Kier molecular flexibility index (Phi) is 5.34. The van der Waals surface area contributed by atoms with Crippen LogP contribution in [0.2, 0.25) is 0 Å². The summed E-state index contributed by atoms with van der Waals surface area (Å²) >= 11 is 0. The molecule has 0 bridgehead atoms. The molecule has 5 heteroatoms. The lowest BCUT2D eigenvalue weighted by atomic mass is 9.44. The van der Waals surface area contributed by atoms with Crippen molar-refractivity contribution in [2.45, 2.75) is 38.4 Å². The summed E-state index contributed by atoms with van der Waals surface area (Å²) in [5, 5.41) is 9.64. The van der Waals surface area contributed by atoms with Gasteiger partial charge in [0.2, 0.25) is 0 Å². The Morgan fingerprint density at radius 1 is 0.917 bits per heavy atom. The van der Waals surface area contributed by atoms with Crippen LogP contribution in [0.25, 0.3) is 11.3 Å². The number of rotatable bonds is 5. The molecule has 0 saturated heterocycles. The van der Waals surface area contributed by atoms with E-state index in [1.54, 1.807) is 6.20 Å². The van der Waals surface area contributed by atoms with E-state index in [1.807, 2.05) is 64.1 Å². The predicted octanol–water partition coefficient (Wildman–Crippen LogP) is 2.86. The molecule has 1 N–H and O–H groups in total. The van der Waals surface area contributed by atoms with Gasteiger partial charge in [0, 0.05) is 11.8 Å². The molecule has 0 saturated carbocycles. The summed E-state index contributed by atoms with van der Waals surface area (Å²) in [4.78, 5) is 4.48. The molecular formula is C19H22B3NO. The Morgan fingerprint density at radius 2 is 1.50 bits per heavy atom. The van der Waals surface area contributed by atoms with Gasteiger partial charge in [-0.15, -0.1) is 0 Å². The van der Waals surface area contributed by atoms with Gasteiger partial charge in [-0.05, 0) is 23.1 Å². The maximum Gasteiger partial charge on any atom is 0.120 e. The van der Waals surface area contributed by atoms with Gasteiger partial charge in [0.15, 0.2) is 0 Å². The SMILES string of the molecule is [B]C([B])(c1cc(-c2ccccc2)ncc1C([B])(O)C(C)C)C(C)C. The number of pyridine rings is 1. The highest BCUT2D eigenvalue weighted by Gasteiger charge is 2.35. The van der Waals surface area contributed by atoms with Gasteiger partial charge in [-0.2, -0.15) is 0 Å². The molecule has 1 atom stereocenters. The highest BCUT2D eigenvalue weighted by Crippen LogP contribution is 2.37. The lowest BCUT2D eigenvalue weighted by Crippen LogP contribution is -2.40. The van der Waals surface area contributed by atoms with Gasteiger partial charge in [-0.25, -0.2) is 0 Å². The smallest absolute Gasteiger partial charge is 0.120 e. The third-order valence-electron chi connectivity index (χ3n) is 4.71. The Morgan fingerprint density at radius 3 is 2.00 bits per heavy atom. The van der Waals surface area contributed by atoms with E-state index in [2.05, 4.69) is 4.98 Å². The average molecular weight is 313 g/mol. The molecule has 0 amide bonds. The molecular weight excluding hydrogens is 291 g/mol.